The van der Waals surface area contributed by atoms with E-state index >= 15 is 0 Å². The van der Waals surface area contributed by atoms with E-state index < -0.39 is 23.1 Å². The van der Waals surface area contributed by atoms with Crippen molar-refractivity contribution in [3.05, 3.63) is 29.8 Å². The van der Waals surface area contributed by atoms with Crippen molar-refractivity contribution in [3.63, 3.8) is 0 Å². The molecule has 0 spiro atoms. The minimum absolute atomic E-state index is 0.0958. The van der Waals surface area contributed by atoms with Gasteiger partial charge in [0.05, 0.1) is 6.61 Å². The number of carboxylic acids is 1. The minimum atomic E-state index is -1.21. The zero-order valence-electron chi connectivity index (χ0n) is 10.9. The Labute approximate surface area is 115 Å². The van der Waals surface area contributed by atoms with Gasteiger partial charge in [-0.3, -0.25) is 4.79 Å². The highest BCUT2D eigenvalue weighted by molar-refractivity contribution is 5.79. The van der Waals surface area contributed by atoms with E-state index in [1.807, 2.05) is 0 Å². The molecule has 1 aliphatic rings. The SMILES string of the molecule is NC1(C(=O)O)CCCC1CCOc1cc(F)cc(F)c1. The summed E-state index contributed by atoms with van der Waals surface area (Å²) in [5, 5.41) is 9.17. The smallest absolute Gasteiger partial charge is 0.323 e. The number of halogens is 2. The predicted octanol–water partition coefficient (Wildman–Crippen LogP) is 2.32. The maximum absolute atomic E-state index is 13.0. The molecule has 2 unspecified atom stereocenters. The van der Waals surface area contributed by atoms with Crippen LogP contribution >= 0.6 is 0 Å². The number of ether oxygens (including phenoxy) is 1. The van der Waals surface area contributed by atoms with Crippen molar-refractivity contribution in [3.8, 4) is 5.75 Å². The second-order valence-corrected chi connectivity index (χ2v) is 5.18. The van der Waals surface area contributed by atoms with Crippen LogP contribution in [-0.4, -0.2) is 23.2 Å². The molecule has 110 valence electrons. The van der Waals surface area contributed by atoms with Crippen molar-refractivity contribution in [2.45, 2.75) is 31.2 Å². The van der Waals surface area contributed by atoms with Crippen molar-refractivity contribution in [1.82, 2.24) is 0 Å². The Morgan fingerprint density at radius 2 is 2.05 bits per heavy atom. The zero-order chi connectivity index (χ0) is 14.8. The Balaban J connectivity index is 1.91. The Bertz CT molecular complexity index is 489. The van der Waals surface area contributed by atoms with Gasteiger partial charge >= 0.3 is 5.97 Å². The van der Waals surface area contributed by atoms with Crippen LogP contribution in [-0.2, 0) is 4.79 Å². The summed E-state index contributed by atoms with van der Waals surface area (Å²) in [6.07, 6.45) is 2.38. The van der Waals surface area contributed by atoms with Gasteiger partial charge in [-0.2, -0.15) is 0 Å². The van der Waals surface area contributed by atoms with E-state index in [0.29, 0.717) is 12.8 Å². The van der Waals surface area contributed by atoms with Crippen LogP contribution in [0.25, 0.3) is 0 Å². The molecular formula is C14H17F2NO3. The maximum Gasteiger partial charge on any atom is 0.323 e. The highest BCUT2D eigenvalue weighted by Crippen LogP contribution is 2.36. The summed E-state index contributed by atoms with van der Waals surface area (Å²) >= 11 is 0. The van der Waals surface area contributed by atoms with Crippen LogP contribution in [0.4, 0.5) is 8.78 Å². The van der Waals surface area contributed by atoms with Crippen molar-refractivity contribution in [2.75, 3.05) is 6.61 Å². The van der Waals surface area contributed by atoms with Crippen LogP contribution in [0.2, 0.25) is 0 Å². The average Bonchev–Trinajstić information content (AvgIpc) is 2.71. The fourth-order valence-corrected chi connectivity index (χ4v) is 2.72. The number of hydrogen-bond donors (Lipinski definition) is 2. The number of hydrogen-bond acceptors (Lipinski definition) is 3. The number of carbonyl (C=O) groups is 1. The molecule has 1 fully saturated rings. The van der Waals surface area contributed by atoms with Gasteiger partial charge in [0.25, 0.3) is 0 Å². The molecule has 1 aliphatic carbocycles. The lowest BCUT2D eigenvalue weighted by Crippen LogP contribution is -2.51. The Hall–Kier alpha value is -1.69. The number of rotatable bonds is 5. The number of carboxylic acid groups (broad SMARTS) is 1. The van der Waals surface area contributed by atoms with E-state index in [2.05, 4.69) is 0 Å². The van der Waals surface area contributed by atoms with E-state index in [1.54, 1.807) is 0 Å². The molecule has 3 N–H and O–H groups in total. The molecule has 1 aromatic rings. The predicted molar refractivity (Wildman–Crippen MR) is 68.4 cm³/mol. The standard InChI is InChI=1S/C14H17F2NO3/c15-10-6-11(16)8-12(7-10)20-5-3-9-2-1-4-14(9,17)13(18)19/h6-9H,1-5,17H2,(H,18,19). The first-order chi connectivity index (χ1) is 9.41. The Morgan fingerprint density at radius 1 is 1.40 bits per heavy atom. The molecule has 2 atom stereocenters. The lowest BCUT2D eigenvalue weighted by Gasteiger charge is -2.26. The van der Waals surface area contributed by atoms with Gasteiger partial charge in [0, 0.05) is 18.2 Å². The molecule has 1 aromatic carbocycles. The van der Waals surface area contributed by atoms with Gasteiger partial charge in [-0.25, -0.2) is 8.78 Å². The van der Waals surface area contributed by atoms with Crippen LogP contribution in [0.1, 0.15) is 25.7 Å². The van der Waals surface area contributed by atoms with Crippen LogP contribution in [0.3, 0.4) is 0 Å². The Morgan fingerprint density at radius 3 is 2.65 bits per heavy atom. The number of nitrogens with two attached hydrogens (primary N) is 1. The third kappa shape index (κ3) is 3.07. The van der Waals surface area contributed by atoms with Crippen LogP contribution in [0.5, 0.6) is 5.75 Å². The van der Waals surface area contributed by atoms with E-state index in [1.165, 1.54) is 0 Å². The molecule has 6 heteroatoms. The molecule has 0 radical (unpaired) electrons. The minimum Gasteiger partial charge on any atom is -0.493 e. The first-order valence-electron chi connectivity index (χ1n) is 6.53. The van der Waals surface area contributed by atoms with E-state index in [-0.39, 0.29) is 18.3 Å². The summed E-state index contributed by atoms with van der Waals surface area (Å²) in [6.45, 7) is 0.180. The lowest BCUT2D eigenvalue weighted by molar-refractivity contribution is -0.144. The zero-order valence-corrected chi connectivity index (χ0v) is 10.9. The van der Waals surface area contributed by atoms with Gasteiger partial charge in [-0.05, 0) is 25.2 Å². The lowest BCUT2D eigenvalue weighted by atomic mass is 9.86. The van der Waals surface area contributed by atoms with Crippen LogP contribution in [0, 0.1) is 17.6 Å². The quantitative estimate of drug-likeness (QED) is 0.870. The van der Waals surface area contributed by atoms with Gasteiger partial charge in [0.2, 0.25) is 0 Å². The molecule has 2 rings (SSSR count). The summed E-state index contributed by atoms with van der Waals surface area (Å²) < 4.78 is 31.2. The fourth-order valence-electron chi connectivity index (χ4n) is 2.72. The molecule has 0 aliphatic heterocycles. The highest BCUT2D eigenvalue weighted by Gasteiger charge is 2.45. The molecule has 0 bridgehead atoms. The van der Waals surface area contributed by atoms with Gasteiger partial charge in [-0.1, -0.05) is 6.42 Å². The molecule has 4 nitrogen and oxygen atoms in total. The van der Waals surface area contributed by atoms with Crippen molar-refractivity contribution >= 4 is 5.97 Å². The topological polar surface area (TPSA) is 72.6 Å². The molecule has 0 amide bonds. The molecule has 0 heterocycles. The van der Waals surface area contributed by atoms with Crippen LogP contribution < -0.4 is 10.5 Å². The summed E-state index contributed by atoms with van der Waals surface area (Å²) in [4.78, 5) is 11.2. The van der Waals surface area contributed by atoms with E-state index in [9.17, 15) is 13.6 Å². The van der Waals surface area contributed by atoms with Gasteiger partial charge < -0.3 is 15.6 Å². The van der Waals surface area contributed by atoms with Gasteiger partial charge in [0.1, 0.15) is 22.9 Å². The van der Waals surface area contributed by atoms with Gasteiger partial charge in [0.15, 0.2) is 0 Å². The average molecular weight is 285 g/mol. The first kappa shape index (κ1) is 14.7. The highest BCUT2D eigenvalue weighted by atomic mass is 19.1. The van der Waals surface area contributed by atoms with E-state index in [0.717, 1.165) is 31.0 Å². The third-order valence-corrected chi connectivity index (χ3v) is 3.84. The number of aliphatic carboxylic acids is 1. The monoisotopic (exact) mass is 285 g/mol. The molecule has 0 aromatic heterocycles. The van der Waals surface area contributed by atoms with Crippen molar-refractivity contribution < 1.29 is 23.4 Å². The van der Waals surface area contributed by atoms with Crippen LogP contribution in [0.15, 0.2) is 18.2 Å². The maximum atomic E-state index is 13.0. The largest absolute Gasteiger partial charge is 0.493 e. The van der Waals surface area contributed by atoms with E-state index in [4.69, 9.17) is 15.6 Å². The van der Waals surface area contributed by atoms with Crippen molar-refractivity contribution in [1.29, 1.82) is 0 Å². The molecular weight excluding hydrogens is 268 g/mol. The second-order valence-electron chi connectivity index (χ2n) is 5.18. The second kappa shape index (κ2) is 5.75. The third-order valence-electron chi connectivity index (χ3n) is 3.84. The fraction of sp³-hybridized carbons (Fsp3) is 0.500. The molecule has 20 heavy (non-hydrogen) atoms. The summed E-state index contributed by atoms with van der Waals surface area (Å²) in [7, 11) is 0. The number of benzene rings is 1. The van der Waals surface area contributed by atoms with Gasteiger partial charge in [-0.15, -0.1) is 0 Å². The molecule has 0 saturated heterocycles. The molecule has 1 saturated carbocycles. The summed E-state index contributed by atoms with van der Waals surface area (Å²) in [5.74, 6) is -2.51. The summed E-state index contributed by atoms with van der Waals surface area (Å²) in [5.41, 5.74) is 4.69. The van der Waals surface area contributed by atoms with Crippen molar-refractivity contribution in [2.24, 2.45) is 11.7 Å². The first-order valence-corrected chi connectivity index (χ1v) is 6.53. The normalized spacial score (nSPS) is 25.6. The Kier molecular flexibility index (Phi) is 4.23. The summed E-state index contributed by atoms with van der Waals surface area (Å²) in [6, 6.07) is 2.94.